The molecule has 5 nitrogen and oxygen atoms in total. The van der Waals surface area contributed by atoms with E-state index < -0.39 is 5.97 Å². The number of halogens is 1. The molecule has 0 saturated carbocycles. The minimum atomic E-state index is -0.944. The molecule has 1 aromatic heterocycles. The van der Waals surface area contributed by atoms with Gasteiger partial charge < -0.3 is 14.4 Å². The zero-order chi connectivity index (χ0) is 14.3. The maximum absolute atomic E-state index is 11.1. The molecule has 1 aliphatic heterocycles. The van der Waals surface area contributed by atoms with Crippen LogP contribution in [0.2, 0.25) is 0 Å². The second kappa shape index (κ2) is 5.07. The molecular weight excluding hydrogens is 280 g/mol. The summed E-state index contributed by atoms with van der Waals surface area (Å²) in [6.45, 7) is 3.30. The van der Waals surface area contributed by atoms with Gasteiger partial charge in [-0.3, -0.25) is 0 Å². The maximum Gasteiger partial charge on any atom is 0.335 e. The molecule has 1 aromatic carbocycles. The Hall–Kier alpha value is -1.59. The number of alkyl halides is 1. The summed E-state index contributed by atoms with van der Waals surface area (Å²) >= 11 is 6.19. The number of aromatic carboxylic acids is 1. The van der Waals surface area contributed by atoms with Crippen LogP contribution in [0.1, 0.15) is 34.9 Å². The largest absolute Gasteiger partial charge is 0.478 e. The van der Waals surface area contributed by atoms with Gasteiger partial charge in [0.05, 0.1) is 34.6 Å². The van der Waals surface area contributed by atoms with E-state index in [0.29, 0.717) is 6.54 Å². The van der Waals surface area contributed by atoms with Gasteiger partial charge in [-0.05, 0) is 31.5 Å². The van der Waals surface area contributed by atoms with Gasteiger partial charge in [0.25, 0.3) is 0 Å². The summed E-state index contributed by atoms with van der Waals surface area (Å²) in [5.41, 5.74) is 1.81. The van der Waals surface area contributed by atoms with Crippen molar-refractivity contribution in [2.45, 2.75) is 31.4 Å². The number of hydrogen-bond acceptors (Lipinski definition) is 3. The van der Waals surface area contributed by atoms with Crippen LogP contribution in [0.15, 0.2) is 18.2 Å². The van der Waals surface area contributed by atoms with Gasteiger partial charge in [0.1, 0.15) is 5.82 Å². The third-order valence-electron chi connectivity index (χ3n) is 3.56. The first-order valence-corrected chi connectivity index (χ1v) is 6.99. The SMILES string of the molecule is C[C@H](Cl)c1nc2ccc(C(=O)O)cc2n1C[C@@H]1CCO1. The molecule has 2 atom stereocenters. The summed E-state index contributed by atoms with van der Waals surface area (Å²) in [4.78, 5) is 15.6. The van der Waals surface area contributed by atoms with Crippen molar-refractivity contribution < 1.29 is 14.6 Å². The number of imidazole rings is 1. The second-order valence-electron chi connectivity index (χ2n) is 4.99. The first-order chi connectivity index (χ1) is 9.56. The molecule has 1 N–H and O–H groups in total. The van der Waals surface area contributed by atoms with E-state index in [2.05, 4.69) is 4.98 Å². The summed E-state index contributed by atoms with van der Waals surface area (Å²) in [6.07, 6.45) is 1.17. The van der Waals surface area contributed by atoms with Crippen LogP contribution < -0.4 is 0 Å². The van der Waals surface area contributed by atoms with Crippen molar-refractivity contribution in [2.24, 2.45) is 0 Å². The quantitative estimate of drug-likeness (QED) is 0.881. The summed E-state index contributed by atoms with van der Waals surface area (Å²) in [5.74, 6) is -0.195. The van der Waals surface area contributed by atoms with E-state index >= 15 is 0 Å². The number of carboxylic acids is 1. The normalized spacial score (nSPS) is 19.8. The van der Waals surface area contributed by atoms with Crippen LogP contribution >= 0.6 is 11.6 Å². The van der Waals surface area contributed by atoms with Crippen molar-refractivity contribution in [3.63, 3.8) is 0 Å². The Morgan fingerprint density at radius 3 is 2.95 bits per heavy atom. The van der Waals surface area contributed by atoms with Gasteiger partial charge >= 0.3 is 5.97 Å². The Bertz CT molecular complexity index is 662. The van der Waals surface area contributed by atoms with E-state index in [1.807, 2.05) is 11.5 Å². The van der Waals surface area contributed by atoms with Crippen LogP contribution in [0.3, 0.4) is 0 Å². The van der Waals surface area contributed by atoms with E-state index in [1.165, 1.54) is 0 Å². The molecule has 0 aliphatic carbocycles. The monoisotopic (exact) mass is 294 g/mol. The fourth-order valence-corrected chi connectivity index (χ4v) is 2.57. The van der Waals surface area contributed by atoms with Crippen LogP contribution in [0.5, 0.6) is 0 Å². The van der Waals surface area contributed by atoms with Gasteiger partial charge in [0, 0.05) is 6.61 Å². The lowest BCUT2D eigenvalue weighted by molar-refractivity contribution is -0.0590. The number of nitrogens with zero attached hydrogens (tertiary/aromatic N) is 2. The Kier molecular flexibility index (Phi) is 3.40. The van der Waals surface area contributed by atoms with Gasteiger partial charge in [-0.2, -0.15) is 0 Å². The number of benzene rings is 1. The van der Waals surface area contributed by atoms with E-state index in [0.717, 1.165) is 29.9 Å². The molecule has 0 unspecified atom stereocenters. The highest BCUT2D eigenvalue weighted by Gasteiger charge is 2.23. The van der Waals surface area contributed by atoms with Crippen LogP contribution in [0.25, 0.3) is 11.0 Å². The molecule has 106 valence electrons. The van der Waals surface area contributed by atoms with Crippen LogP contribution in [-0.4, -0.2) is 33.3 Å². The Morgan fingerprint density at radius 1 is 1.65 bits per heavy atom. The maximum atomic E-state index is 11.1. The molecule has 1 saturated heterocycles. The van der Waals surface area contributed by atoms with Gasteiger partial charge in [-0.15, -0.1) is 11.6 Å². The molecule has 1 aliphatic rings. The number of carboxylic acid groups (broad SMARTS) is 1. The van der Waals surface area contributed by atoms with Crippen molar-refractivity contribution in [3.05, 3.63) is 29.6 Å². The van der Waals surface area contributed by atoms with Crippen molar-refractivity contribution >= 4 is 28.6 Å². The molecule has 3 rings (SSSR count). The molecule has 6 heteroatoms. The molecule has 0 radical (unpaired) electrons. The van der Waals surface area contributed by atoms with Gasteiger partial charge in [0.2, 0.25) is 0 Å². The van der Waals surface area contributed by atoms with E-state index in [-0.39, 0.29) is 17.0 Å². The van der Waals surface area contributed by atoms with E-state index in [4.69, 9.17) is 21.4 Å². The third-order valence-corrected chi connectivity index (χ3v) is 3.76. The molecular formula is C14H15ClN2O3. The van der Waals surface area contributed by atoms with Crippen molar-refractivity contribution in [1.82, 2.24) is 9.55 Å². The van der Waals surface area contributed by atoms with Gasteiger partial charge in [-0.25, -0.2) is 9.78 Å². The second-order valence-corrected chi connectivity index (χ2v) is 5.64. The molecule has 1 fully saturated rings. The predicted molar refractivity (Wildman–Crippen MR) is 75.3 cm³/mol. The minimum Gasteiger partial charge on any atom is -0.478 e. The first kappa shape index (κ1) is 13.4. The smallest absolute Gasteiger partial charge is 0.335 e. The molecule has 0 spiro atoms. The molecule has 0 amide bonds. The van der Waals surface area contributed by atoms with E-state index in [1.54, 1.807) is 18.2 Å². The fourth-order valence-electron chi connectivity index (χ4n) is 2.40. The minimum absolute atomic E-state index is 0.162. The summed E-state index contributed by atoms with van der Waals surface area (Å²) in [5, 5.41) is 8.87. The Labute approximate surface area is 121 Å². The predicted octanol–water partition coefficient (Wildman–Crippen LogP) is 2.82. The average Bonchev–Trinajstić information content (AvgIpc) is 2.71. The number of fused-ring (bicyclic) bond motifs is 1. The lowest BCUT2D eigenvalue weighted by atomic mass is 10.1. The lowest BCUT2D eigenvalue weighted by Gasteiger charge is -2.27. The van der Waals surface area contributed by atoms with Crippen molar-refractivity contribution in [2.75, 3.05) is 6.61 Å². The summed E-state index contributed by atoms with van der Waals surface area (Å²) < 4.78 is 7.43. The number of rotatable bonds is 4. The average molecular weight is 295 g/mol. The number of aromatic nitrogens is 2. The zero-order valence-corrected chi connectivity index (χ0v) is 11.8. The van der Waals surface area contributed by atoms with Crippen molar-refractivity contribution in [3.8, 4) is 0 Å². The number of hydrogen-bond donors (Lipinski definition) is 1. The topological polar surface area (TPSA) is 64.3 Å². The Balaban J connectivity index is 2.11. The Morgan fingerprint density at radius 2 is 2.40 bits per heavy atom. The third kappa shape index (κ3) is 2.27. The first-order valence-electron chi connectivity index (χ1n) is 6.55. The van der Waals surface area contributed by atoms with Gasteiger partial charge in [-0.1, -0.05) is 0 Å². The summed E-state index contributed by atoms with van der Waals surface area (Å²) in [6, 6.07) is 4.93. The lowest BCUT2D eigenvalue weighted by Crippen LogP contribution is -2.31. The van der Waals surface area contributed by atoms with Crippen LogP contribution in [-0.2, 0) is 11.3 Å². The molecule has 2 heterocycles. The van der Waals surface area contributed by atoms with Crippen molar-refractivity contribution in [1.29, 1.82) is 0 Å². The highest BCUT2D eigenvalue weighted by atomic mass is 35.5. The summed E-state index contributed by atoms with van der Waals surface area (Å²) in [7, 11) is 0. The number of carbonyl (C=O) groups is 1. The van der Waals surface area contributed by atoms with Crippen LogP contribution in [0, 0.1) is 0 Å². The molecule has 0 bridgehead atoms. The standard InChI is InChI=1S/C14H15ClN2O3/c1-8(15)13-16-11-3-2-9(14(18)19)6-12(11)17(13)7-10-4-5-20-10/h2-3,6,8,10H,4-5,7H2,1H3,(H,18,19)/t8-,10-/m0/s1. The fraction of sp³-hybridized carbons (Fsp3) is 0.429. The highest BCUT2D eigenvalue weighted by molar-refractivity contribution is 6.20. The number of ether oxygens (including phenoxy) is 1. The highest BCUT2D eigenvalue weighted by Crippen LogP contribution is 2.27. The van der Waals surface area contributed by atoms with E-state index in [9.17, 15) is 4.79 Å². The van der Waals surface area contributed by atoms with Gasteiger partial charge in [0.15, 0.2) is 0 Å². The molecule has 2 aromatic rings. The molecule has 20 heavy (non-hydrogen) atoms. The van der Waals surface area contributed by atoms with Crippen LogP contribution in [0.4, 0.5) is 0 Å². The zero-order valence-electron chi connectivity index (χ0n) is 11.0.